The highest BCUT2D eigenvalue weighted by Gasteiger charge is 2.15. The Morgan fingerprint density at radius 1 is 1.42 bits per heavy atom. The number of aliphatic hydroxyl groups excluding tert-OH is 1. The van der Waals surface area contributed by atoms with Gasteiger partial charge in [-0.05, 0) is 37.2 Å². The molecule has 1 atom stereocenters. The molecule has 1 aliphatic rings. The summed E-state index contributed by atoms with van der Waals surface area (Å²) < 4.78 is 0.764. The second-order valence-corrected chi connectivity index (χ2v) is 6.08. The zero-order chi connectivity index (χ0) is 8.81. The van der Waals surface area contributed by atoms with Crippen molar-refractivity contribution in [1.29, 1.82) is 0 Å². The van der Waals surface area contributed by atoms with E-state index in [-0.39, 0.29) is 6.10 Å². The van der Waals surface area contributed by atoms with Crippen molar-refractivity contribution in [3.63, 3.8) is 0 Å². The first kappa shape index (κ1) is 10.7. The molecule has 72 valence electrons. The van der Waals surface area contributed by atoms with E-state index in [0.717, 1.165) is 17.4 Å². The third kappa shape index (κ3) is 4.06. The molecule has 0 amide bonds. The molecule has 12 heavy (non-hydrogen) atoms. The van der Waals surface area contributed by atoms with Gasteiger partial charge in [0.15, 0.2) is 0 Å². The van der Waals surface area contributed by atoms with Gasteiger partial charge in [0.2, 0.25) is 0 Å². The summed E-state index contributed by atoms with van der Waals surface area (Å²) in [5.41, 5.74) is 0. The second-order valence-electron chi connectivity index (χ2n) is 3.16. The SMILES string of the molecule is CCC(O)CCC1SCCCS1. The lowest BCUT2D eigenvalue weighted by Crippen LogP contribution is -2.11. The Kier molecular flexibility index (Phi) is 5.52. The maximum atomic E-state index is 9.37. The first-order valence-electron chi connectivity index (χ1n) is 4.74. The van der Waals surface area contributed by atoms with Gasteiger partial charge in [-0.1, -0.05) is 6.92 Å². The molecule has 0 aromatic carbocycles. The largest absolute Gasteiger partial charge is 0.393 e. The van der Waals surface area contributed by atoms with Crippen LogP contribution in [-0.4, -0.2) is 27.3 Å². The third-order valence-electron chi connectivity index (χ3n) is 2.10. The summed E-state index contributed by atoms with van der Waals surface area (Å²) in [4.78, 5) is 0. The van der Waals surface area contributed by atoms with Crippen molar-refractivity contribution in [3.05, 3.63) is 0 Å². The summed E-state index contributed by atoms with van der Waals surface area (Å²) in [7, 11) is 0. The zero-order valence-electron chi connectivity index (χ0n) is 7.66. The van der Waals surface area contributed by atoms with E-state index < -0.39 is 0 Å². The molecule has 0 saturated carbocycles. The predicted octanol–water partition coefficient (Wildman–Crippen LogP) is 2.73. The van der Waals surface area contributed by atoms with Crippen molar-refractivity contribution in [3.8, 4) is 0 Å². The normalized spacial score (nSPS) is 22.5. The minimum absolute atomic E-state index is 0.0619. The van der Waals surface area contributed by atoms with Crippen LogP contribution in [0, 0.1) is 0 Å². The van der Waals surface area contributed by atoms with E-state index in [9.17, 15) is 5.11 Å². The Morgan fingerprint density at radius 2 is 2.08 bits per heavy atom. The maximum Gasteiger partial charge on any atom is 0.0538 e. The summed E-state index contributed by atoms with van der Waals surface area (Å²) in [6.45, 7) is 2.05. The van der Waals surface area contributed by atoms with Gasteiger partial charge in [0.1, 0.15) is 0 Å². The molecule has 0 bridgehead atoms. The highest BCUT2D eigenvalue weighted by Crippen LogP contribution is 2.33. The first-order chi connectivity index (χ1) is 5.83. The van der Waals surface area contributed by atoms with E-state index in [1.165, 1.54) is 24.3 Å². The monoisotopic (exact) mass is 206 g/mol. The maximum absolute atomic E-state index is 9.37. The average molecular weight is 206 g/mol. The van der Waals surface area contributed by atoms with Crippen molar-refractivity contribution in [1.82, 2.24) is 0 Å². The van der Waals surface area contributed by atoms with Crippen LogP contribution in [0.15, 0.2) is 0 Å². The Labute approximate surface area is 83.7 Å². The number of hydrogen-bond acceptors (Lipinski definition) is 3. The van der Waals surface area contributed by atoms with Crippen molar-refractivity contribution >= 4 is 23.5 Å². The lowest BCUT2D eigenvalue weighted by atomic mass is 10.2. The van der Waals surface area contributed by atoms with Crippen LogP contribution < -0.4 is 0 Å². The minimum Gasteiger partial charge on any atom is -0.393 e. The van der Waals surface area contributed by atoms with Gasteiger partial charge in [-0.15, -0.1) is 23.5 Å². The van der Waals surface area contributed by atoms with Crippen molar-refractivity contribution in [2.24, 2.45) is 0 Å². The number of hydrogen-bond donors (Lipinski definition) is 1. The van der Waals surface area contributed by atoms with Crippen LogP contribution in [0.25, 0.3) is 0 Å². The second kappa shape index (κ2) is 6.17. The van der Waals surface area contributed by atoms with Crippen molar-refractivity contribution < 1.29 is 5.11 Å². The fourth-order valence-electron chi connectivity index (χ4n) is 1.24. The highest BCUT2D eigenvalue weighted by molar-refractivity contribution is 8.17. The molecule has 0 aromatic rings. The van der Waals surface area contributed by atoms with Crippen LogP contribution in [0.3, 0.4) is 0 Å². The smallest absolute Gasteiger partial charge is 0.0538 e. The predicted molar refractivity (Wildman–Crippen MR) is 58.9 cm³/mol. The van der Waals surface area contributed by atoms with Gasteiger partial charge in [0.25, 0.3) is 0 Å². The molecule has 3 heteroatoms. The molecular weight excluding hydrogens is 188 g/mol. The standard InChI is InChI=1S/C9H18OS2/c1-2-8(10)4-5-9-11-6-3-7-12-9/h8-10H,2-7H2,1H3. The van der Waals surface area contributed by atoms with Gasteiger partial charge < -0.3 is 5.11 Å². The quantitative estimate of drug-likeness (QED) is 0.764. The van der Waals surface area contributed by atoms with Gasteiger partial charge in [-0.2, -0.15) is 0 Å². The van der Waals surface area contributed by atoms with Crippen LogP contribution in [0.5, 0.6) is 0 Å². The van der Waals surface area contributed by atoms with Gasteiger partial charge in [0, 0.05) is 0 Å². The van der Waals surface area contributed by atoms with Gasteiger partial charge in [0.05, 0.1) is 10.7 Å². The summed E-state index contributed by atoms with van der Waals surface area (Å²) in [6.07, 6.45) is 4.38. The summed E-state index contributed by atoms with van der Waals surface area (Å²) in [5, 5.41) is 9.37. The summed E-state index contributed by atoms with van der Waals surface area (Å²) in [6, 6.07) is 0. The van der Waals surface area contributed by atoms with Crippen LogP contribution in [0.4, 0.5) is 0 Å². The summed E-state index contributed by atoms with van der Waals surface area (Å²) >= 11 is 4.14. The van der Waals surface area contributed by atoms with E-state index in [1.54, 1.807) is 0 Å². The van der Waals surface area contributed by atoms with Crippen molar-refractivity contribution in [2.75, 3.05) is 11.5 Å². The van der Waals surface area contributed by atoms with Crippen LogP contribution >= 0.6 is 23.5 Å². The number of rotatable bonds is 4. The molecule has 1 nitrogen and oxygen atoms in total. The van der Waals surface area contributed by atoms with Crippen LogP contribution in [0.1, 0.15) is 32.6 Å². The van der Waals surface area contributed by atoms with Gasteiger partial charge in [-0.25, -0.2) is 0 Å². The molecule has 1 fully saturated rings. The Hall–Kier alpha value is 0.660. The molecule has 1 saturated heterocycles. The van der Waals surface area contributed by atoms with E-state index in [0.29, 0.717) is 0 Å². The first-order valence-corrected chi connectivity index (χ1v) is 6.84. The lowest BCUT2D eigenvalue weighted by Gasteiger charge is -2.21. The minimum atomic E-state index is -0.0619. The topological polar surface area (TPSA) is 20.2 Å². The number of aliphatic hydroxyl groups is 1. The lowest BCUT2D eigenvalue weighted by molar-refractivity contribution is 0.159. The highest BCUT2D eigenvalue weighted by atomic mass is 32.2. The zero-order valence-corrected chi connectivity index (χ0v) is 9.29. The molecule has 1 rings (SSSR count). The van der Waals surface area contributed by atoms with Crippen molar-refractivity contribution in [2.45, 2.75) is 43.3 Å². The average Bonchev–Trinajstić information content (AvgIpc) is 2.16. The molecule has 1 heterocycles. The Bertz CT molecular complexity index is 113. The van der Waals surface area contributed by atoms with Gasteiger partial charge in [-0.3, -0.25) is 0 Å². The molecule has 0 radical (unpaired) electrons. The molecule has 0 spiro atoms. The molecule has 1 N–H and O–H groups in total. The third-order valence-corrected chi connectivity index (χ3v) is 5.18. The molecule has 1 aliphatic heterocycles. The fraction of sp³-hybridized carbons (Fsp3) is 1.00. The van der Waals surface area contributed by atoms with Gasteiger partial charge >= 0.3 is 0 Å². The van der Waals surface area contributed by atoms with Crippen LogP contribution in [0.2, 0.25) is 0 Å². The molecule has 1 unspecified atom stereocenters. The fourth-order valence-corrected chi connectivity index (χ4v) is 4.13. The van der Waals surface area contributed by atoms with E-state index in [1.807, 2.05) is 6.92 Å². The van der Waals surface area contributed by atoms with E-state index in [4.69, 9.17) is 0 Å². The van der Waals surface area contributed by atoms with E-state index >= 15 is 0 Å². The molecular formula is C9H18OS2. The Balaban J connectivity index is 2.05. The molecule has 0 aromatic heterocycles. The van der Waals surface area contributed by atoms with Crippen LogP contribution in [-0.2, 0) is 0 Å². The summed E-state index contributed by atoms with van der Waals surface area (Å²) in [5.74, 6) is 2.64. The number of thioether (sulfide) groups is 2. The van der Waals surface area contributed by atoms with E-state index in [2.05, 4.69) is 23.5 Å². The Morgan fingerprint density at radius 3 is 2.67 bits per heavy atom. The molecule has 0 aliphatic carbocycles.